The Hall–Kier alpha value is -0.980. The summed E-state index contributed by atoms with van der Waals surface area (Å²) in [5.41, 5.74) is 4.37. The Kier molecular flexibility index (Phi) is 2.06. The number of aryl methyl sites for hydroxylation is 1. The SMILES string of the molecule is Cc1ccc2c(c1)NC(C)(C)CC2C. The Morgan fingerprint density at radius 3 is 2.79 bits per heavy atom. The zero-order valence-electron chi connectivity index (χ0n) is 9.52. The van der Waals surface area contributed by atoms with Gasteiger partial charge in [0.1, 0.15) is 0 Å². The van der Waals surface area contributed by atoms with Gasteiger partial charge in [-0.25, -0.2) is 0 Å². The topological polar surface area (TPSA) is 12.0 Å². The van der Waals surface area contributed by atoms with Crippen LogP contribution in [0, 0.1) is 6.92 Å². The maximum atomic E-state index is 3.61. The predicted octanol–water partition coefficient (Wildman–Crippen LogP) is 3.69. The molecule has 14 heavy (non-hydrogen) atoms. The van der Waals surface area contributed by atoms with Crippen LogP contribution in [0.4, 0.5) is 5.69 Å². The number of hydrogen-bond acceptors (Lipinski definition) is 1. The predicted molar refractivity (Wildman–Crippen MR) is 61.9 cm³/mol. The van der Waals surface area contributed by atoms with Crippen LogP contribution in [0.2, 0.25) is 0 Å². The van der Waals surface area contributed by atoms with Crippen molar-refractivity contribution in [3.8, 4) is 0 Å². The summed E-state index contributed by atoms with van der Waals surface area (Å²) < 4.78 is 0. The highest BCUT2D eigenvalue weighted by atomic mass is 15.0. The van der Waals surface area contributed by atoms with E-state index in [0.29, 0.717) is 5.92 Å². The number of nitrogens with one attached hydrogen (secondary N) is 1. The minimum Gasteiger partial charge on any atom is -0.380 e. The lowest BCUT2D eigenvalue weighted by Gasteiger charge is -2.37. The third-order valence-corrected chi connectivity index (χ3v) is 3.03. The lowest BCUT2D eigenvalue weighted by atomic mass is 9.82. The minimum atomic E-state index is 0.236. The number of anilines is 1. The maximum Gasteiger partial charge on any atom is 0.0382 e. The fourth-order valence-electron chi connectivity index (χ4n) is 2.50. The molecule has 0 saturated heterocycles. The van der Waals surface area contributed by atoms with Gasteiger partial charge < -0.3 is 5.32 Å². The summed E-state index contributed by atoms with van der Waals surface area (Å²) in [6, 6.07) is 6.72. The highest BCUT2D eigenvalue weighted by Crippen LogP contribution is 2.38. The van der Waals surface area contributed by atoms with E-state index in [1.807, 2.05) is 0 Å². The molecule has 1 aliphatic heterocycles. The molecule has 1 N–H and O–H groups in total. The van der Waals surface area contributed by atoms with Crippen LogP contribution in [0.25, 0.3) is 0 Å². The van der Waals surface area contributed by atoms with E-state index >= 15 is 0 Å². The molecular formula is C13H19N. The van der Waals surface area contributed by atoms with Gasteiger partial charge in [0, 0.05) is 11.2 Å². The first-order valence-corrected chi connectivity index (χ1v) is 5.37. The van der Waals surface area contributed by atoms with E-state index in [-0.39, 0.29) is 5.54 Å². The van der Waals surface area contributed by atoms with Crippen molar-refractivity contribution in [1.29, 1.82) is 0 Å². The van der Waals surface area contributed by atoms with E-state index in [0.717, 1.165) is 0 Å². The molecule has 2 rings (SSSR count). The van der Waals surface area contributed by atoms with Crippen LogP contribution in [-0.4, -0.2) is 5.54 Å². The molecule has 0 radical (unpaired) electrons. The van der Waals surface area contributed by atoms with Gasteiger partial charge in [0.15, 0.2) is 0 Å². The van der Waals surface area contributed by atoms with Crippen molar-refractivity contribution in [2.75, 3.05) is 5.32 Å². The summed E-state index contributed by atoms with van der Waals surface area (Å²) in [5.74, 6) is 0.668. The van der Waals surface area contributed by atoms with Crippen molar-refractivity contribution in [2.24, 2.45) is 0 Å². The molecule has 1 aromatic carbocycles. The van der Waals surface area contributed by atoms with Gasteiger partial charge in [-0.1, -0.05) is 19.1 Å². The third kappa shape index (κ3) is 1.63. The van der Waals surface area contributed by atoms with Gasteiger partial charge in [0.2, 0.25) is 0 Å². The van der Waals surface area contributed by atoms with Crippen LogP contribution in [0.3, 0.4) is 0 Å². The second kappa shape index (κ2) is 3.01. The molecule has 0 spiro atoms. The van der Waals surface area contributed by atoms with Crippen molar-refractivity contribution >= 4 is 5.69 Å². The lowest BCUT2D eigenvalue weighted by molar-refractivity contribution is 0.454. The molecule has 1 unspecified atom stereocenters. The molecule has 1 aromatic rings. The zero-order chi connectivity index (χ0) is 10.3. The van der Waals surface area contributed by atoms with Gasteiger partial charge in [-0.2, -0.15) is 0 Å². The molecule has 1 heteroatoms. The first kappa shape index (κ1) is 9.57. The summed E-state index contributed by atoms with van der Waals surface area (Å²) in [7, 11) is 0. The van der Waals surface area contributed by atoms with Gasteiger partial charge in [-0.05, 0) is 50.3 Å². The first-order chi connectivity index (χ1) is 6.48. The van der Waals surface area contributed by atoms with E-state index in [4.69, 9.17) is 0 Å². The number of rotatable bonds is 0. The van der Waals surface area contributed by atoms with Crippen molar-refractivity contribution < 1.29 is 0 Å². The van der Waals surface area contributed by atoms with Gasteiger partial charge in [-0.15, -0.1) is 0 Å². The molecule has 1 atom stereocenters. The minimum absolute atomic E-state index is 0.236. The molecule has 0 aliphatic carbocycles. The van der Waals surface area contributed by atoms with Crippen molar-refractivity contribution in [1.82, 2.24) is 0 Å². The molecule has 1 aliphatic rings. The molecule has 0 bridgehead atoms. The summed E-state index contributed by atoms with van der Waals surface area (Å²) >= 11 is 0. The van der Waals surface area contributed by atoms with Crippen LogP contribution >= 0.6 is 0 Å². The number of benzene rings is 1. The molecule has 1 heterocycles. The first-order valence-electron chi connectivity index (χ1n) is 5.37. The molecular weight excluding hydrogens is 170 g/mol. The van der Waals surface area contributed by atoms with Crippen molar-refractivity contribution in [2.45, 2.75) is 45.6 Å². The fourth-order valence-corrected chi connectivity index (χ4v) is 2.50. The summed E-state index contributed by atoms with van der Waals surface area (Å²) in [4.78, 5) is 0. The Labute approximate surface area is 86.5 Å². The van der Waals surface area contributed by atoms with Crippen molar-refractivity contribution in [3.63, 3.8) is 0 Å². The largest absolute Gasteiger partial charge is 0.380 e. The summed E-state index contributed by atoms with van der Waals surface area (Å²) in [5, 5.41) is 3.61. The standard InChI is InChI=1S/C13H19N/c1-9-5-6-11-10(2)8-13(3,4)14-12(11)7-9/h5-7,10,14H,8H2,1-4H3. The molecule has 0 amide bonds. The van der Waals surface area contributed by atoms with Crippen LogP contribution in [0.5, 0.6) is 0 Å². The Balaban J connectivity index is 2.46. The monoisotopic (exact) mass is 189 g/mol. The lowest BCUT2D eigenvalue weighted by Crippen LogP contribution is -2.36. The van der Waals surface area contributed by atoms with E-state index in [9.17, 15) is 0 Å². The van der Waals surface area contributed by atoms with Crippen LogP contribution in [0.15, 0.2) is 18.2 Å². The highest BCUT2D eigenvalue weighted by molar-refractivity contribution is 5.58. The van der Waals surface area contributed by atoms with Crippen molar-refractivity contribution in [3.05, 3.63) is 29.3 Å². The normalized spacial score (nSPS) is 23.9. The molecule has 0 aromatic heterocycles. The Morgan fingerprint density at radius 1 is 1.36 bits per heavy atom. The smallest absolute Gasteiger partial charge is 0.0382 e. The number of fused-ring (bicyclic) bond motifs is 1. The van der Waals surface area contributed by atoms with E-state index < -0.39 is 0 Å². The van der Waals surface area contributed by atoms with Crippen LogP contribution in [-0.2, 0) is 0 Å². The van der Waals surface area contributed by atoms with Crippen LogP contribution < -0.4 is 5.32 Å². The van der Waals surface area contributed by atoms with Gasteiger partial charge in [-0.3, -0.25) is 0 Å². The summed E-state index contributed by atoms with van der Waals surface area (Å²) in [6.07, 6.45) is 1.21. The maximum absolute atomic E-state index is 3.61. The Morgan fingerprint density at radius 2 is 2.07 bits per heavy atom. The van der Waals surface area contributed by atoms with E-state index in [1.165, 1.54) is 23.2 Å². The molecule has 0 saturated carbocycles. The Bertz CT molecular complexity index is 352. The summed E-state index contributed by atoms with van der Waals surface area (Å²) in [6.45, 7) is 9.01. The molecule has 76 valence electrons. The average Bonchev–Trinajstić information content (AvgIpc) is 2.00. The second-order valence-electron chi connectivity index (χ2n) is 5.20. The molecule has 0 fully saturated rings. The number of hydrogen-bond donors (Lipinski definition) is 1. The van der Waals surface area contributed by atoms with Gasteiger partial charge in [0.25, 0.3) is 0 Å². The fraction of sp³-hybridized carbons (Fsp3) is 0.538. The molecule has 1 nitrogen and oxygen atoms in total. The third-order valence-electron chi connectivity index (χ3n) is 3.03. The van der Waals surface area contributed by atoms with Gasteiger partial charge in [0.05, 0.1) is 0 Å². The average molecular weight is 189 g/mol. The quantitative estimate of drug-likeness (QED) is 0.656. The zero-order valence-corrected chi connectivity index (χ0v) is 9.52. The van der Waals surface area contributed by atoms with Gasteiger partial charge >= 0.3 is 0 Å². The van der Waals surface area contributed by atoms with E-state index in [2.05, 4.69) is 51.2 Å². The van der Waals surface area contributed by atoms with Crippen LogP contribution in [0.1, 0.15) is 44.2 Å². The highest BCUT2D eigenvalue weighted by Gasteiger charge is 2.28. The van der Waals surface area contributed by atoms with E-state index in [1.54, 1.807) is 0 Å². The second-order valence-corrected chi connectivity index (χ2v) is 5.20.